The first-order valence-electron chi connectivity index (χ1n) is 7.36. The molecule has 2 N–H and O–H groups in total. The second-order valence-electron chi connectivity index (χ2n) is 6.51. The number of hydrogen-bond acceptors (Lipinski definition) is 4. The van der Waals surface area contributed by atoms with Crippen molar-refractivity contribution >= 4 is 17.4 Å². The summed E-state index contributed by atoms with van der Waals surface area (Å²) in [4.78, 5) is 4.45. The van der Waals surface area contributed by atoms with Gasteiger partial charge in [0.15, 0.2) is 5.82 Å². The molecule has 0 bridgehead atoms. The lowest BCUT2D eigenvalue weighted by Gasteiger charge is -2.35. The Hall–Kier alpha value is -1.49. The molecule has 1 saturated heterocycles. The molecular weight excluding hydrogens is 280 g/mol. The van der Waals surface area contributed by atoms with Crippen LogP contribution >= 0.6 is 11.8 Å². The molecule has 1 aromatic carbocycles. The van der Waals surface area contributed by atoms with Gasteiger partial charge >= 0.3 is 0 Å². The van der Waals surface area contributed by atoms with Crippen molar-refractivity contribution in [2.45, 2.75) is 33.2 Å². The van der Waals surface area contributed by atoms with Gasteiger partial charge in [-0.1, -0.05) is 26.0 Å². The van der Waals surface area contributed by atoms with Crippen LogP contribution in [0.5, 0.6) is 0 Å². The number of hydrogen-bond donors (Lipinski definition) is 2. The number of rotatable bonds is 3. The van der Waals surface area contributed by atoms with E-state index in [0.717, 1.165) is 28.7 Å². The second kappa shape index (κ2) is 5.72. The van der Waals surface area contributed by atoms with Crippen LogP contribution in [0.1, 0.15) is 26.1 Å². The van der Waals surface area contributed by atoms with Crippen LogP contribution < -0.4 is 5.32 Å². The minimum Gasteiger partial charge on any atom is -0.381 e. The number of para-hydroxylation sites is 1. The highest BCUT2D eigenvalue weighted by Crippen LogP contribution is 2.36. The molecule has 112 valence electrons. The molecule has 1 aliphatic heterocycles. The molecular formula is C16H22N4S. The quantitative estimate of drug-likeness (QED) is 0.907. The number of aryl methyl sites for hydroxylation is 1. The molecule has 2 heterocycles. The van der Waals surface area contributed by atoms with Gasteiger partial charge in [0.2, 0.25) is 0 Å². The molecule has 0 saturated carbocycles. The van der Waals surface area contributed by atoms with E-state index in [-0.39, 0.29) is 0 Å². The first-order valence-corrected chi connectivity index (χ1v) is 8.52. The van der Waals surface area contributed by atoms with E-state index in [9.17, 15) is 0 Å². The van der Waals surface area contributed by atoms with Crippen molar-refractivity contribution in [3.8, 4) is 11.4 Å². The smallest absolute Gasteiger partial charge is 0.183 e. The van der Waals surface area contributed by atoms with Gasteiger partial charge in [-0.2, -0.15) is 16.9 Å². The van der Waals surface area contributed by atoms with Gasteiger partial charge in [-0.05, 0) is 36.6 Å². The van der Waals surface area contributed by atoms with E-state index in [1.54, 1.807) is 0 Å². The molecule has 1 atom stereocenters. The Kier molecular flexibility index (Phi) is 3.93. The standard InChI is InChI=1S/C16H22N4S/c1-11-17-15(20-19-11)13-6-4-5-7-14(13)18-12-8-16(2,3)10-21-9-12/h4-7,12,18H,8-10H2,1-3H3,(H,17,19,20). The van der Waals surface area contributed by atoms with Gasteiger partial charge in [0.1, 0.15) is 5.82 Å². The van der Waals surface area contributed by atoms with E-state index >= 15 is 0 Å². The highest BCUT2D eigenvalue weighted by molar-refractivity contribution is 7.99. The van der Waals surface area contributed by atoms with E-state index in [4.69, 9.17) is 0 Å². The maximum atomic E-state index is 4.45. The molecule has 1 aliphatic rings. The van der Waals surface area contributed by atoms with Crippen molar-refractivity contribution in [3.05, 3.63) is 30.1 Å². The zero-order chi connectivity index (χ0) is 14.9. The molecule has 4 nitrogen and oxygen atoms in total. The highest BCUT2D eigenvalue weighted by atomic mass is 32.2. The number of nitrogens with one attached hydrogen (secondary N) is 2. The van der Waals surface area contributed by atoms with E-state index in [1.165, 1.54) is 12.2 Å². The summed E-state index contributed by atoms with van der Waals surface area (Å²) in [7, 11) is 0. The Balaban J connectivity index is 1.83. The Morgan fingerprint density at radius 2 is 2.14 bits per heavy atom. The molecule has 2 aromatic rings. The summed E-state index contributed by atoms with van der Waals surface area (Å²) in [5.74, 6) is 4.00. The average molecular weight is 302 g/mol. The third-order valence-corrected chi connectivity index (χ3v) is 5.36. The van der Waals surface area contributed by atoms with Gasteiger partial charge in [0, 0.05) is 23.0 Å². The normalized spacial score (nSPS) is 21.2. The zero-order valence-corrected chi connectivity index (χ0v) is 13.6. The number of thioether (sulfide) groups is 1. The number of anilines is 1. The van der Waals surface area contributed by atoms with Crippen LogP contribution in [0.3, 0.4) is 0 Å². The van der Waals surface area contributed by atoms with Crippen molar-refractivity contribution in [2.24, 2.45) is 5.41 Å². The minimum atomic E-state index is 0.400. The summed E-state index contributed by atoms with van der Waals surface area (Å²) >= 11 is 2.04. The molecule has 0 aliphatic carbocycles. The molecule has 1 unspecified atom stereocenters. The summed E-state index contributed by atoms with van der Waals surface area (Å²) < 4.78 is 0. The van der Waals surface area contributed by atoms with Gasteiger partial charge in [-0.3, -0.25) is 5.10 Å². The maximum absolute atomic E-state index is 4.45. The average Bonchev–Trinajstić information content (AvgIpc) is 2.85. The van der Waals surface area contributed by atoms with Gasteiger partial charge in [0.25, 0.3) is 0 Å². The van der Waals surface area contributed by atoms with Crippen molar-refractivity contribution in [3.63, 3.8) is 0 Å². The van der Waals surface area contributed by atoms with Gasteiger partial charge in [-0.25, -0.2) is 4.98 Å². The molecule has 5 heteroatoms. The zero-order valence-electron chi connectivity index (χ0n) is 12.8. The fourth-order valence-electron chi connectivity index (χ4n) is 2.84. The van der Waals surface area contributed by atoms with Crippen LogP contribution in [0.2, 0.25) is 0 Å². The topological polar surface area (TPSA) is 53.6 Å². The fraction of sp³-hybridized carbons (Fsp3) is 0.500. The molecule has 0 amide bonds. The monoisotopic (exact) mass is 302 g/mol. The third-order valence-electron chi connectivity index (χ3n) is 3.74. The Morgan fingerprint density at radius 3 is 2.86 bits per heavy atom. The van der Waals surface area contributed by atoms with Gasteiger partial charge in [-0.15, -0.1) is 0 Å². The summed E-state index contributed by atoms with van der Waals surface area (Å²) in [5.41, 5.74) is 2.59. The molecule has 1 fully saturated rings. The summed E-state index contributed by atoms with van der Waals surface area (Å²) in [5, 5.41) is 10.9. The van der Waals surface area contributed by atoms with Crippen LogP contribution in [0, 0.1) is 12.3 Å². The Bertz CT molecular complexity index is 620. The minimum absolute atomic E-state index is 0.400. The number of nitrogens with zero attached hydrogens (tertiary/aromatic N) is 2. The van der Waals surface area contributed by atoms with Gasteiger partial charge in [0.05, 0.1) is 0 Å². The molecule has 1 aromatic heterocycles. The van der Waals surface area contributed by atoms with Gasteiger partial charge < -0.3 is 5.32 Å². The first kappa shape index (κ1) is 14.4. The van der Waals surface area contributed by atoms with Crippen molar-refractivity contribution in [1.82, 2.24) is 15.2 Å². The number of aromatic nitrogens is 3. The lowest BCUT2D eigenvalue weighted by Crippen LogP contribution is -2.35. The number of benzene rings is 1. The largest absolute Gasteiger partial charge is 0.381 e. The predicted molar refractivity (Wildman–Crippen MR) is 89.7 cm³/mol. The molecule has 21 heavy (non-hydrogen) atoms. The van der Waals surface area contributed by atoms with E-state index in [1.807, 2.05) is 24.8 Å². The van der Waals surface area contributed by atoms with Crippen LogP contribution in [-0.2, 0) is 0 Å². The van der Waals surface area contributed by atoms with Crippen LogP contribution in [0.25, 0.3) is 11.4 Å². The lowest BCUT2D eigenvalue weighted by molar-refractivity contribution is 0.358. The summed E-state index contributed by atoms with van der Waals surface area (Å²) in [6.07, 6.45) is 1.20. The van der Waals surface area contributed by atoms with Crippen LogP contribution in [0.4, 0.5) is 5.69 Å². The Labute approximate surface area is 130 Å². The Morgan fingerprint density at radius 1 is 1.33 bits per heavy atom. The van der Waals surface area contributed by atoms with E-state index < -0.39 is 0 Å². The molecule has 0 radical (unpaired) electrons. The SMILES string of the molecule is Cc1nc(-c2ccccc2NC2CSCC(C)(C)C2)n[nH]1. The first-order chi connectivity index (χ1) is 10.0. The van der Waals surface area contributed by atoms with Crippen molar-refractivity contribution in [2.75, 3.05) is 16.8 Å². The van der Waals surface area contributed by atoms with E-state index in [0.29, 0.717) is 11.5 Å². The fourth-order valence-corrected chi connectivity index (χ4v) is 4.12. The van der Waals surface area contributed by atoms with Crippen LogP contribution in [-0.4, -0.2) is 32.7 Å². The lowest BCUT2D eigenvalue weighted by atomic mass is 9.87. The maximum Gasteiger partial charge on any atom is 0.183 e. The number of aromatic amines is 1. The van der Waals surface area contributed by atoms with Crippen molar-refractivity contribution < 1.29 is 0 Å². The summed E-state index contributed by atoms with van der Waals surface area (Å²) in [6.45, 7) is 6.61. The van der Waals surface area contributed by atoms with Crippen LogP contribution in [0.15, 0.2) is 24.3 Å². The highest BCUT2D eigenvalue weighted by Gasteiger charge is 2.28. The number of H-pyrrole nitrogens is 1. The molecule has 0 spiro atoms. The van der Waals surface area contributed by atoms with Crippen molar-refractivity contribution in [1.29, 1.82) is 0 Å². The van der Waals surface area contributed by atoms with E-state index in [2.05, 4.69) is 52.5 Å². The summed E-state index contributed by atoms with van der Waals surface area (Å²) in [6, 6.07) is 8.79. The molecule has 3 rings (SSSR count). The second-order valence-corrected chi connectivity index (χ2v) is 7.54. The predicted octanol–water partition coefficient (Wildman–Crippen LogP) is 3.72. The third kappa shape index (κ3) is 3.40.